The maximum absolute atomic E-state index is 12.2. The van der Waals surface area contributed by atoms with E-state index in [9.17, 15) is 4.79 Å². The van der Waals surface area contributed by atoms with Crippen LogP contribution in [0.5, 0.6) is 0 Å². The molecule has 1 aromatic heterocycles. The second-order valence-corrected chi connectivity index (χ2v) is 5.83. The SMILES string of the molecule is Cc1cc(C)c(=O)n2c1[C@H]1C[C@H](CN(C)C1)C2. The first-order chi connectivity index (χ1) is 8.06. The number of pyridine rings is 1. The van der Waals surface area contributed by atoms with Crippen LogP contribution in [0.2, 0.25) is 0 Å². The Labute approximate surface area is 102 Å². The summed E-state index contributed by atoms with van der Waals surface area (Å²) >= 11 is 0. The van der Waals surface area contributed by atoms with E-state index in [-0.39, 0.29) is 5.56 Å². The van der Waals surface area contributed by atoms with Crippen molar-refractivity contribution in [2.75, 3.05) is 20.1 Å². The summed E-state index contributed by atoms with van der Waals surface area (Å²) in [6.45, 7) is 7.22. The van der Waals surface area contributed by atoms with Gasteiger partial charge in [-0.05, 0) is 44.9 Å². The van der Waals surface area contributed by atoms with E-state index in [2.05, 4.69) is 29.5 Å². The summed E-state index contributed by atoms with van der Waals surface area (Å²) in [5.74, 6) is 1.21. The molecule has 2 aliphatic heterocycles. The van der Waals surface area contributed by atoms with E-state index in [1.165, 1.54) is 17.7 Å². The molecule has 1 saturated heterocycles. The highest BCUT2D eigenvalue weighted by atomic mass is 16.1. The predicted octanol–water partition coefficient (Wildman–Crippen LogP) is 1.51. The van der Waals surface area contributed by atoms with E-state index in [4.69, 9.17) is 0 Å². The first-order valence-electron chi connectivity index (χ1n) is 6.45. The van der Waals surface area contributed by atoms with Crippen LogP contribution in [0.25, 0.3) is 0 Å². The Morgan fingerprint density at radius 3 is 2.71 bits per heavy atom. The Balaban J connectivity index is 2.18. The van der Waals surface area contributed by atoms with Crippen molar-refractivity contribution in [2.24, 2.45) is 5.92 Å². The van der Waals surface area contributed by atoms with Gasteiger partial charge in [-0.25, -0.2) is 0 Å². The highest BCUT2D eigenvalue weighted by molar-refractivity contribution is 5.30. The molecule has 0 unspecified atom stereocenters. The maximum Gasteiger partial charge on any atom is 0.253 e. The van der Waals surface area contributed by atoms with Gasteiger partial charge in [-0.1, -0.05) is 0 Å². The Morgan fingerprint density at radius 2 is 1.94 bits per heavy atom. The average Bonchev–Trinajstić information content (AvgIpc) is 2.24. The Bertz CT molecular complexity index is 518. The molecule has 2 aliphatic rings. The van der Waals surface area contributed by atoms with Crippen molar-refractivity contribution in [3.63, 3.8) is 0 Å². The van der Waals surface area contributed by atoms with Gasteiger partial charge < -0.3 is 9.47 Å². The van der Waals surface area contributed by atoms with Crippen LogP contribution in [0.1, 0.15) is 29.2 Å². The standard InChI is InChI=1S/C14H20N2O/c1-9-4-10(2)14(17)16-7-11-5-12(13(9)16)8-15(3)6-11/h4,11-12H,5-8H2,1-3H3/t11-,12+/m1/s1. The molecule has 3 rings (SSSR count). The minimum atomic E-state index is 0.227. The van der Waals surface area contributed by atoms with Crippen molar-refractivity contribution in [3.05, 3.63) is 33.2 Å². The van der Waals surface area contributed by atoms with Gasteiger partial charge in [0.15, 0.2) is 0 Å². The molecule has 2 atom stereocenters. The van der Waals surface area contributed by atoms with Gasteiger partial charge in [-0.3, -0.25) is 4.79 Å². The number of aromatic nitrogens is 1. The lowest BCUT2D eigenvalue weighted by Gasteiger charge is -2.42. The van der Waals surface area contributed by atoms with Crippen LogP contribution in [-0.4, -0.2) is 29.6 Å². The minimum Gasteiger partial charge on any atom is -0.312 e. The summed E-state index contributed by atoms with van der Waals surface area (Å²) in [7, 11) is 2.19. The van der Waals surface area contributed by atoms with Crippen LogP contribution < -0.4 is 5.56 Å². The van der Waals surface area contributed by atoms with Crippen LogP contribution in [-0.2, 0) is 6.54 Å². The normalized spacial score (nSPS) is 27.9. The van der Waals surface area contributed by atoms with Crippen molar-refractivity contribution in [2.45, 2.75) is 32.7 Å². The van der Waals surface area contributed by atoms with Gasteiger partial charge in [0.1, 0.15) is 0 Å². The molecule has 0 spiro atoms. The number of piperidine rings is 1. The summed E-state index contributed by atoms with van der Waals surface area (Å²) in [5.41, 5.74) is 3.70. The zero-order chi connectivity index (χ0) is 12.2. The molecule has 2 bridgehead atoms. The Morgan fingerprint density at radius 1 is 1.18 bits per heavy atom. The molecule has 3 heterocycles. The van der Waals surface area contributed by atoms with Gasteiger partial charge in [-0.15, -0.1) is 0 Å². The lowest BCUT2D eigenvalue weighted by Crippen LogP contribution is -2.46. The number of aryl methyl sites for hydroxylation is 2. The largest absolute Gasteiger partial charge is 0.312 e. The summed E-state index contributed by atoms with van der Waals surface area (Å²) in [4.78, 5) is 14.6. The third-order valence-corrected chi connectivity index (χ3v) is 4.26. The molecule has 0 aliphatic carbocycles. The zero-order valence-corrected chi connectivity index (χ0v) is 10.9. The molecule has 1 fully saturated rings. The smallest absolute Gasteiger partial charge is 0.253 e. The van der Waals surface area contributed by atoms with Crippen LogP contribution in [0.3, 0.4) is 0 Å². The fourth-order valence-corrected chi connectivity index (χ4v) is 3.75. The quantitative estimate of drug-likeness (QED) is 0.677. The van der Waals surface area contributed by atoms with Crippen molar-refractivity contribution in [3.8, 4) is 0 Å². The van der Waals surface area contributed by atoms with Crippen molar-refractivity contribution >= 4 is 0 Å². The van der Waals surface area contributed by atoms with Gasteiger partial charge >= 0.3 is 0 Å². The van der Waals surface area contributed by atoms with Gasteiger partial charge in [-0.2, -0.15) is 0 Å². The van der Waals surface area contributed by atoms with E-state index in [0.29, 0.717) is 11.8 Å². The number of likely N-dealkylation sites (tertiary alicyclic amines) is 1. The van der Waals surface area contributed by atoms with Crippen LogP contribution >= 0.6 is 0 Å². The fraction of sp³-hybridized carbons (Fsp3) is 0.643. The number of likely N-dealkylation sites (N-methyl/N-ethyl adjacent to an activating group) is 1. The zero-order valence-electron chi connectivity index (χ0n) is 10.9. The second-order valence-electron chi connectivity index (χ2n) is 5.83. The molecule has 3 nitrogen and oxygen atoms in total. The topological polar surface area (TPSA) is 25.2 Å². The van der Waals surface area contributed by atoms with Crippen molar-refractivity contribution in [1.29, 1.82) is 0 Å². The highest BCUT2D eigenvalue weighted by Gasteiger charge is 2.34. The summed E-state index contributed by atoms with van der Waals surface area (Å²) in [6, 6.07) is 2.06. The summed E-state index contributed by atoms with van der Waals surface area (Å²) in [5, 5.41) is 0. The minimum absolute atomic E-state index is 0.227. The number of rotatable bonds is 0. The van der Waals surface area contributed by atoms with E-state index in [0.717, 1.165) is 25.2 Å². The number of hydrogen-bond acceptors (Lipinski definition) is 2. The molecule has 17 heavy (non-hydrogen) atoms. The molecule has 0 amide bonds. The van der Waals surface area contributed by atoms with Gasteiger partial charge in [0.25, 0.3) is 5.56 Å². The summed E-state index contributed by atoms with van der Waals surface area (Å²) in [6.07, 6.45) is 1.26. The molecule has 0 N–H and O–H groups in total. The molecule has 0 radical (unpaired) electrons. The molecule has 3 heteroatoms. The molecular weight excluding hydrogens is 212 g/mol. The van der Waals surface area contributed by atoms with E-state index in [1.807, 2.05) is 6.92 Å². The van der Waals surface area contributed by atoms with Crippen molar-refractivity contribution < 1.29 is 0 Å². The van der Waals surface area contributed by atoms with Gasteiger partial charge in [0.05, 0.1) is 0 Å². The third kappa shape index (κ3) is 1.64. The van der Waals surface area contributed by atoms with Crippen LogP contribution in [0.4, 0.5) is 0 Å². The highest BCUT2D eigenvalue weighted by Crippen LogP contribution is 2.36. The average molecular weight is 232 g/mol. The van der Waals surface area contributed by atoms with E-state index >= 15 is 0 Å². The lowest BCUT2D eigenvalue weighted by molar-refractivity contribution is 0.144. The molecule has 0 saturated carbocycles. The third-order valence-electron chi connectivity index (χ3n) is 4.26. The van der Waals surface area contributed by atoms with Gasteiger partial charge in [0, 0.05) is 36.8 Å². The maximum atomic E-state index is 12.2. The Kier molecular flexibility index (Phi) is 2.40. The van der Waals surface area contributed by atoms with E-state index < -0.39 is 0 Å². The summed E-state index contributed by atoms with van der Waals surface area (Å²) < 4.78 is 2.05. The lowest BCUT2D eigenvalue weighted by atomic mass is 9.82. The monoisotopic (exact) mass is 232 g/mol. The first kappa shape index (κ1) is 11.0. The van der Waals surface area contributed by atoms with Crippen LogP contribution in [0, 0.1) is 19.8 Å². The van der Waals surface area contributed by atoms with Crippen LogP contribution in [0.15, 0.2) is 10.9 Å². The number of nitrogens with zero attached hydrogens (tertiary/aromatic N) is 2. The van der Waals surface area contributed by atoms with Gasteiger partial charge in [0.2, 0.25) is 0 Å². The molecule has 92 valence electrons. The first-order valence-corrected chi connectivity index (χ1v) is 6.45. The predicted molar refractivity (Wildman–Crippen MR) is 68.5 cm³/mol. The number of fused-ring (bicyclic) bond motifs is 4. The number of hydrogen-bond donors (Lipinski definition) is 0. The van der Waals surface area contributed by atoms with E-state index in [1.54, 1.807) is 0 Å². The molecule has 1 aromatic rings. The second kappa shape index (κ2) is 3.70. The fourth-order valence-electron chi connectivity index (χ4n) is 3.75. The Hall–Kier alpha value is -1.09. The molecular formula is C14H20N2O. The van der Waals surface area contributed by atoms with Crippen molar-refractivity contribution in [1.82, 2.24) is 9.47 Å². The molecule has 0 aromatic carbocycles.